The summed E-state index contributed by atoms with van der Waals surface area (Å²) in [5.41, 5.74) is -0.371. The molecule has 1 aliphatic rings. The number of rotatable bonds is 4. The largest absolute Gasteiger partial charge is 0.389 e. The van der Waals surface area contributed by atoms with Gasteiger partial charge in [-0.05, 0) is 25.8 Å². The second kappa shape index (κ2) is 4.43. The molecule has 1 aliphatic carbocycles. The van der Waals surface area contributed by atoms with Crippen LogP contribution < -0.4 is 0 Å². The van der Waals surface area contributed by atoms with Crippen molar-refractivity contribution in [3.8, 4) is 0 Å². The molecule has 0 atom stereocenters. The van der Waals surface area contributed by atoms with Gasteiger partial charge in [0.2, 0.25) is 0 Å². The van der Waals surface area contributed by atoms with Crippen LogP contribution >= 0.6 is 0 Å². The number of aliphatic hydroxyl groups is 1. The van der Waals surface area contributed by atoms with Gasteiger partial charge in [-0.25, -0.2) is 0 Å². The summed E-state index contributed by atoms with van der Waals surface area (Å²) >= 11 is 0. The molecule has 0 aromatic carbocycles. The Bertz CT molecular complexity index is 150. The van der Waals surface area contributed by atoms with E-state index in [2.05, 4.69) is 25.8 Å². The third-order valence-electron chi connectivity index (χ3n) is 2.78. The molecule has 78 valence electrons. The summed E-state index contributed by atoms with van der Waals surface area (Å²) in [6.07, 6.45) is 4.39. The molecule has 0 amide bonds. The summed E-state index contributed by atoms with van der Waals surface area (Å²) in [4.78, 5) is 2.26. The molecule has 0 aromatic rings. The first-order valence-electron chi connectivity index (χ1n) is 5.43. The van der Waals surface area contributed by atoms with Gasteiger partial charge in [0.15, 0.2) is 0 Å². The maximum Gasteiger partial charge on any atom is 0.0774 e. The zero-order chi connectivity index (χ0) is 9.90. The van der Waals surface area contributed by atoms with Gasteiger partial charge in [0.05, 0.1) is 5.60 Å². The molecular formula is C11H23NO. The molecule has 0 unspecified atom stereocenters. The molecule has 2 heteroatoms. The maximum atomic E-state index is 10.1. The zero-order valence-electron chi connectivity index (χ0n) is 9.21. The van der Waals surface area contributed by atoms with Gasteiger partial charge in [0.25, 0.3) is 0 Å². The van der Waals surface area contributed by atoms with Gasteiger partial charge < -0.3 is 10.0 Å². The Morgan fingerprint density at radius 3 is 2.31 bits per heavy atom. The Hall–Kier alpha value is -0.0800. The normalized spacial score (nSPS) is 21.7. The molecule has 0 heterocycles. The third kappa shape index (κ3) is 3.65. The first kappa shape index (κ1) is 11.0. The van der Waals surface area contributed by atoms with Crippen molar-refractivity contribution in [2.24, 2.45) is 5.92 Å². The van der Waals surface area contributed by atoms with Gasteiger partial charge in [-0.15, -0.1) is 0 Å². The van der Waals surface area contributed by atoms with Crippen molar-refractivity contribution in [3.63, 3.8) is 0 Å². The van der Waals surface area contributed by atoms with Crippen LogP contribution in [0.2, 0.25) is 0 Å². The molecule has 1 fully saturated rings. The van der Waals surface area contributed by atoms with E-state index >= 15 is 0 Å². The summed E-state index contributed by atoms with van der Waals surface area (Å²) in [5.74, 6) is 0.690. The highest BCUT2D eigenvalue weighted by molar-refractivity contribution is 4.86. The summed E-state index contributed by atoms with van der Waals surface area (Å²) in [7, 11) is 2.11. The first-order chi connectivity index (χ1) is 6.02. The summed E-state index contributed by atoms with van der Waals surface area (Å²) in [6, 6.07) is 0. The SMILES string of the molecule is CC(C)CN(C)CC1(O)CCCC1. The molecular weight excluding hydrogens is 162 g/mol. The predicted octanol–water partition coefficient (Wildman–Crippen LogP) is 1.88. The fraction of sp³-hybridized carbons (Fsp3) is 1.00. The van der Waals surface area contributed by atoms with Gasteiger partial charge in [0.1, 0.15) is 0 Å². The number of hydrogen-bond acceptors (Lipinski definition) is 2. The second-order valence-electron chi connectivity index (χ2n) is 5.02. The molecule has 1 saturated carbocycles. The first-order valence-corrected chi connectivity index (χ1v) is 5.43. The fourth-order valence-electron chi connectivity index (χ4n) is 2.38. The van der Waals surface area contributed by atoms with E-state index < -0.39 is 0 Å². The van der Waals surface area contributed by atoms with Gasteiger partial charge in [-0.3, -0.25) is 0 Å². The topological polar surface area (TPSA) is 23.5 Å². The monoisotopic (exact) mass is 185 g/mol. The Kier molecular flexibility index (Phi) is 3.74. The zero-order valence-corrected chi connectivity index (χ0v) is 9.21. The average molecular weight is 185 g/mol. The average Bonchev–Trinajstić information content (AvgIpc) is 2.33. The highest BCUT2D eigenvalue weighted by Crippen LogP contribution is 2.29. The van der Waals surface area contributed by atoms with E-state index in [-0.39, 0.29) is 5.60 Å². The van der Waals surface area contributed by atoms with Crippen LogP contribution in [0, 0.1) is 5.92 Å². The molecule has 1 rings (SSSR count). The summed E-state index contributed by atoms with van der Waals surface area (Å²) < 4.78 is 0. The Morgan fingerprint density at radius 2 is 1.85 bits per heavy atom. The lowest BCUT2D eigenvalue weighted by molar-refractivity contribution is 0.0140. The van der Waals surface area contributed by atoms with Crippen molar-refractivity contribution >= 4 is 0 Å². The van der Waals surface area contributed by atoms with Crippen molar-refractivity contribution < 1.29 is 5.11 Å². The smallest absolute Gasteiger partial charge is 0.0774 e. The predicted molar refractivity (Wildman–Crippen MR) is 55.8 cm³/mol. The highest BCUT2D eigenvalue weighted by atomic mass is 16.3. The molecule has 0 bridgehead atoms. The fourth-order valence-corrected chi connectivity index (χ4v) is 2.38. The van der Waals surface area contributed by atoms with E-state index in [4.69, 9.17) is 0 Å². The Labute approximate surface area is 81.9 Å². The summed E-state index contributed by atoms with van der Waals surface area (Å²) in [6.45, 7) is 6.37. The van der Waals surface area contributed by atoms with E-state index in [1.165, 1.54) is 12.8 Å². The molecule has 2 nitrogen and oxygen atoms in total. The van der Waals surface area contributed by atoms with E-state index in [0.29, 0.717) is 5.92 Å². The number of hydrogen-bond donors (Lipinski definition) is 1. The molecule has 0 radical (unpaired) electrons. The van der Waals surface area contributed by atoms with E-state index in [0.717, 1.165) is 25.9 Å². The standard InChI is InChI=1S/C11H23NO/c1-10(2)8-12(3)9-11(13)6-4-5-7-11/h10,13H,4-9H2,1-3H3. The van der Waals surface area contributed by atoms with Gasteiger partial charge in [-0.1, -0.05) is 26.7 Å². The van der Waals surface area contributed by atoms with Crippen molar-refractivity contribution in [2.45, 2.75) is 45.1 Å². The minimum Gasteiger partial charge on any atom is -0.389 e. The van der Waals surface area contributed by atoms with Crippen molar-refractivity contribution in [2.75, 3.05) is 20.1 Å². The lowest BCUT2D eigenvalue weighted by Gasteiger charge is -2.29. The van der Waals surface area contributed by atoms with Crippen LogP contribution in [-0.2, 0) is 0 Å². The van der Waals surface area contributed by atoms with Crippen LogP contribution in [-0.4, -0.2) is 35.7 Å². The quantitative estimate of drug-likeness (QED) is 0.723. The van der Waals surface area contributed by atoms with E-state index in [9.17, 15) is 5.11 Å². The van der Waals surface area contributed by atoms with Crippen molar-refractivity contribution in [3.05, 3.63) is 0 Å². The van der Waals surface area contributed by atoms with Crippen LogP contribution in [0.25, 0.3) is 0 Å². The highest BCUT2D eigenvalue weighted by Gasteiger charge is 2.31. The third-order valence-corrected chi connectivity index (χ3v) is 2.78. The van der Waals surface area contributed by atoms with Gasteiger partial charge in [0, 0.05) is 13.1 Å². The lowest BCUT2D eigenvalue weighted by Crippen LogP contribution is -2.40. The molecule has 0 aliphatic heterocycles. The Balaban J connectivity index is 2.29. The van der Waals surface area contributed by atoms with Crippen LogP contribution in [0.1, 0.15) is 39.5 Å². The van der Waals surface area contributed by atoms with Crippen molar-refractivity contribution in [1.29, 1.82) is 0 Å². The molecule has 0 aromatic heterocycles. The lowest BCUT2D eigenvalue weighted by atomic mass is 10.0. The maximum absolute atomic E-state index is 10.1. The minimum atomic E-state index is -0.371. The molecule has 0 spiro atoms. The minimum absolute atomic E-state index is 0.371. The van der Waals surface area contributed by atoms with E-state index in [1.54, 1.807) is 0 Å². The molecule has 13 heavy (non-hydrogen) atoms. The Morgan fingerprint density at radius 1 is 1.31 bits per heavy atom. The van der Waals surface area contributed by atoms with Crippen LogP contribution in [0.4, 0.5) is 0 Å². The molecule has 0 saturated heterocycles. The van der Waals surface area contributed by atoms with Gasteiger partial charge in [-0.2, -0.15) is 0 Å². The summed E-state index contributed by atoms with van der Waals surface area (Å²) in [5, 5.41) is 10.1. The van der Waals surface area contributed by atoms with Gasteiger partial charge >= 0.3 is 0 Å². The van der Waals surface area contributed by atoms with Crippen molar-refractivity contribution in [1.82, 2.24) is 4.90 Å². The van der Waals surface area contributed by atoms with Crippen LogP contribution in [0.5, 0.6) is 0 Å². The van der Waals surface area contributed by atoms with Crippen LogP contribution in [0.3, 0.4) is 0 Å². The van der Waals surface area contributed by atoms with E-state index in [1.807, 2.05) is 0 Å². The van der Waals surface area contributed by atoms with Crippen LogP contribution in [0.15, 0.2) is 0 Å². The number of nitrogens with zero attached hydrogens (tertiary/aromatic N) is 1. The number of likely N-dealkylation sites (N-methyl/N-ethyl adjacent to an activating group) is 1. The second-order valence-corrected chi connectivity index (χ2v) is 5.02. The molecule has 1 N–H and O–H groups in total.